The fourth-order valence-corrected chi connectivity index (χ4v) is 2.85. The van der Waals surface area contributed by atoms with Crippen molar-refractivity contribution in [3.63, 3.8) is 0 Å². The van der Waals surface area contributed by atoms with Gasteiger partial charge in [0.2, 0.25) is 0 Å². The predicted molar refractivity (Wildman–Crippen MR) is 72.9 cm³/mol. The lowest BCUT2D eigenvalue weighted by atomic mass is 10.1. The first-order valence-electron chi connectivity index (χ1n) is 5.71. The number of nitrogens with two attached hydrogens (primary N) is 1. The SMILES string of the molecule is COc1cccc(Sc2nccn2C)c1[C@@H](C)N. The van der Waals surface area contributed by atoms with Crippen LogP contribution in [-0.2, 0) is 7.05 Å². The maximum Gasteiger partial charge on any atom is 0.172 e. The summed E-state index contributed by atoms with van der Waals surface area (Å²) in [5.74, 6) is 0.823. The molecule has 2 rings (SSSR count). The summed E-state index contributed by atoms with van der Waals surface area (Å²) in [4.78, 5) is 5.39. The van der Waals surface area contributed by atoms with Crippen LogP contribution in [0.2, 0.25) is 0 Å². The minimum Gasteiger partial charge on any atom is -0.496 e. The number of ether oxygens (including phenoxy) is 1. The molecule has 0 aliphatic carbocycles. The molecule has 0 aliphatic heterocycles. The van der Waals surface area contributed by atoms with E-state index in [1.165, 1.54) is 0 Å². The van der Waals surface area contributed by atoms with E-state index >= 15 is 0 Å². The fourth-order valence-electron chi connectivity index (χ4n) is 1.79. The van der Waals surface area contributed by atoms with Crippen molar-refractivity contribution in [1.29, 1.82) is 0 Å². The number of methoxy groups -OCH3 is 1. The van der Waals surface area contributed by atoms with Gasteiger partial charge in [0.05, 0.1) is 7.11 Å². The van der Waals surface area contributed by atoms with Gasteiger partial charge in [-0.1, -0.05) is 17.8 Å². The van der Waals surface area contributed by atoms with Crippen molar-refractivity contribution in [2.75, 3.05) is 7.11 Å². The fraction of sp³-hybridized carbons (Fsp3) is 0.308. The first-order valence-corrected chi connectivity index (χ1v) is 6.52. The molecule has 18 heavy (non-hydrogen) atoms. The normalized spacial score (nSPS) is 12.4. The van der Waals surface area contributed by atoms with Gasteiger partial charge in [-0.3, -0.25) is 0 Å². The van der Waals surface area contributed by atoms with Gasteiger partial charge in [-0.25, -0.2) is 4.98 Å². The number of imidazole rings is 1. The van der Waals surface area contributed by atoms with Crippen molar-refractivity contribution in [3.8, 4) is 5.75 Å². The molecule has 0 amide bonds. The Balaban J connectivity index is 2.41. The molecule has 0 saturated heterocycles. The Morgan fingerprint density at radius 1 is 1.44 bits per heavy atom. The van der Waals surface area contributed by atoms with Crippen molar-refractivity contribution in [3.05, 3.63) is 36.2 Å². The van der Waals surface area contributed by atoms with Crippen molar-refractivity contribution >= 4 is 11.8 Å². The zero-order valence-electron chi connectivity index (χ0n) is 10.8. The Morgan fingerprint density at radius 2 is 2.22 bits per heavy atom. The van der Waals surface area contributed by atoms with Gasteiger partial charge in [0.15, 0.2) is 5.16 Å². The van der Waals surface area contributed by atoms with E-state index in [1.54, 1.807) is 25.1 Å². The lowest BCUT2D eigenvalue weighted by Crippen LogP contribution is -2.08. The lowest BCUT2D eigenvalue weighted by Gasteiger charge is -2.16. The van der Waals surface area contributed by atoms with Gasteiger partial charge in [-0.2, -0.15) is 0 Å². The van der Waals surface area contributed by atoms with Gasteiger partial charge in [0, 0.05) is 35.9 Å². The highest BCUT2D eigenvalue weighted by molar-refractivity contribution is 7.99. The van der Waals surface area contributed by atoms with Crippen LogP contribution in [0.3, 0.4) is 0 Å². The minimum atomic E-state index is -0.0797. The highest BCUT2D eigenvalue weighted by atomic mass is 32.2. The van der Waals surface area contributed by atoms with Gasteiger partial charge < -0.3 is 15.0 Å². The molecule has 1 aromatic carbocycles. The van der Waals surface area contributed by atoms with Crippen LogP contribution in [0.4, 0.5) is 0 Å². The van der Waals surface area contributed by atoms with Crippen molar-refractivity contribution in [1.82, 2.24) is 9.55 Å². The summed E-state index contributed by atoms with van der Waals surface area (Å²) in [6.07, 6.45) is 3.71. The van der Waals surface area contributed by atoms with Gasteiger partial charge in [0.1, 0.15) is 5.75 Å². The van der Waals surface area contributed by atoms with Crippen LogP contribution in [0.15, 0.2) is 40.6 Å². The van der Waals surface area contributed by atoms with Crippen molar-refractivity contribution < 1.29 is 4.74 Å². The van der Waals surface area contributed by atoms with Crippen LogP contribution in [-0.4, -0.2) is 16.7 Å². The smallest absolute Gasteiger partial charge is 0.172 e. The number of hydrogen-bond donors (Lipinski definition) is 1. The number of hydrogen-bond acceptors (Lipinski definition) is 4. The van der Waals surface area contributed by atoms with E-state index in [0.29, 0.717) is 0 Å². The third-order valence-corrected chi connectivity index (χ3v) is 3.83. The molecule has 96 valence electrons. The highest BCUT2D eigenvalue weighted by Crippen LogP contribution is 2.36. The number of benzene rings is 1. The standard InChI is InChI=1S/C13H17N3OS/c1-9(14)12-10(17-3)5-4-6-11(12)18-13-15-7-8-16(13)2/h4-9H,14H2,1-3H3/t9-/m1/s1. The van der Waals surface area contributed by atoms with E-state index < -0.39 is 0 Å². The molecule has 1 aromatic heterocycles. The van der Waals surface area contributed by atoms with Gasteiger partial charge in [-0.05, 0) is 19.1 Å². The molecule has 0 radical (unpaired) electrons. The Kier molecular flexibility index (Phi) is 3.93. The molecule has 0 fully saturated rings. The van der Waals surface area contributed by atoms with E-state index in [9.17, 15) is 0 Å². The topological polar surface area (TPSA) is 53.1 Å². The number of nitrogens with zero attached hydrogens (tertiary/aromatic N) is 2. The summed E-state index contributed by atoms with van der Waals surface area (Å²) in [7, 11) is 3.64. The first kappa shape index (κ1) is 13.0. The van der Waals surface area contributed by atoms with Crippen LogP contribution in [0.25, 0.3) is 0 Å². The molecule has 1 heterocycles. The molecule has 0 bridgehead atoms. The molecule has 0 aliphatic rings. The maximum absolute atomic E-state index is 6.04. The molecule has 2 N–H and O–H groups in total. The largest absolute Gasteiger partial charge is 0.496 e. The lowest BCUT2D eigenvalue weighted by molar-refractivity contribution is 0.405. The molecular formula is C13H17N3OS. The third-order valence-electron chi connectivity index (χ3n) is 2.68. The van der Waals surface area contributed by atoms with Crippen LogP contribution >= 0.6 is 11.8 Å². The second-order valence-corrected chi connectivity index (χ2v) is 5.09. The van der Waals surface area contributed by atoms with Crippen LogP contribution in [0.5, 0.6) is 5.75 Å². The van der Waals surface area contributed by atoms with Crippen molar-refractivity contribution in [2.45, 2.75) is 23.0 Å². The minimum absolute atomic E-state index is 0.0797. The second kappa shape index (κ2) is 5.46. The van der Waals surface area contributed by atoms with Crippen LogP contribution in [0.1, 0.15) is 18.5 Å². The van der Waals surface area contributed by atoms with Gasteiger partial charge >= 0.3 is 0 Å². The summed E-state index contributed by atoms with van der Waals surface area (Å²) < 4.78 is 7.36. The Labute approximate surface area is 111 Å². The summed E-state index contributed by atoms with van der Waals surface area (Å²) in [5, 5.41) is 0.935. The zero-order chi connectivity index (χ0) is 13.1. The van der Waals surface area contributed by atoms with E-state index in [4.69, 9.17) is 10.5 Å². The molecule has 2 aromatic rings. The van der Waals surface area contributed by atoms with Gasteiger partial charge in [0.25, 0.3) is 0 Å². The quantitative estimate of drug-likeness (QED) is 0.921. The van der Waals surface area contributed by atoms with E-state index in [0.717, 1.165) is 21.4 Å². The zero-order valence-corrected chi connectivity index (χ0v) is 11.6. The van der Waals surface area contributed by atoms with Crippen LogP contribution < -0.4 is 10.5 Å². The number of aryl methyl sites for hydroxylation is 1. The maximum atomic E-state index is 6.04. The van der Waals surface area contributed by atoms with E-state index in [2.05, 4.69) is 4.98 Å². The average Bonchev–Trinajstić information content (AvgIpc) is 2.74. The molecule has 0 saturated carbocycles. The summed E-state index contributed by atoms with van der Waals surface area (Å²) in [6, 6.07) is 5.86. The molecule has 1 atom stereocenters. The van der Waals surface area contributed by atoms with E-state index in [-0.39, 0.29) is 6.04 Å². The molecule has 4 nitrogen and oxygen atoms in total. The summed E-state index contributed by atoms with van der Waals surface area (Å²) >= 11 is 1.60. The number of rotatable bonds is 4. The number of aromatic nitrogens is 2. The van der Waals surface area contributed by atoms with Crippen molar-refractivity contribution in [2.24, 2.45) is 12.8 Å². The average molecular weight is 263 g/mol. The molecule has 0 spiro atoms. The predicted octanol–water partition coefficient (Wildman–Crippen LogP) is 2.60. The van der Waals surface area contributed by atoms with Crippen LogP contribution in [0, 0.1) is 0 Å². The molecule has 5 heteroatoms. The van der Waals surface area contributed by atoms with E-state index in [1.807, 2.05) is 42.9 Å². The molecule has 0 unspecified atom stereocenters. The highest BCUT2D eigenvalue weighted by Gasteiger charge is 2.15. The first-order chi connectivity index (χ1) is 8.63. The second-order valence-electron chi connectivity index (χ2n) is 4.08. The summed E-state index contributed by atoms with van der Waals surface area (Å²) in [6.45, 7) is 1.96. The summed E-state index contributed by atoms with van der Waals surface area (Å²) in [5.41, 5.74) is 7.06. The Hall–Kier alpha value is -1.46. The Morgan fingerprint density at radius 3 is 2.78 bits per heavy atom. The third kappa shape index (κ3) is 2.52. The monoisotopic (exact) mass is 263 g/mol. The van der Waals surface area contributed by atoms with Gasteiger partial charge in [-0.15, -0.1) is 0 Å². The molecular weight excluding hydrogens is 246 g/mol. The Bertz CT molecular complexity index is 537.